The van der Waals surface area contributed by atoms with E-state index in [2.05, 4.69) is 39.5 Å². The van der Waals surface area contributed by atoms with Crippen LogP contribution in [0.15, 0.2) is 36.0 Å². The Morgan fingerprint density at radius 2 is 1.75 bits per heavy atom. The fourth-order valence-corrected chi connectivity index (χ4v) is 0.925. The van der Waals surface area contributed by atoms with E-state index in [9.17, 15) is 0 Å². The Hall–Kier alpha value is -0.780. The van der Waals surface area contributed by atoms with Crippen LogP contribution in [0.1, 0.15) is 40.0 Å². The van der Waals surface area contributed by atoms with Crippen molar-refractivity contribution >= 4 is 0 Å². The average Bonchev–Trinajstić information content (AvgIpc) is 2.10. The Labute approximate surface area is 76.7 Å². The van der Waals surface area contributed by atoms with Gasteiger partial charge in [0.2, 0.25) is 0 Å². The van der Waals surface area contributed by atoms with Crippen molar-refractivity contribution in [2.45, 2.75) is 40.0 Å². The van der Waals surface area contributed by atoms with Crippen LogP contribution in [0.3, 0.4) is 0 Å². The molecule has 0 aliphatic heterocycles. The fraction of sp³-hybridized carbons (Fsp3) is 0.500. The smallest absolute Gasteiger partial charge is 0.0169 e. The minimum Gasteiger partial charge on any atom is -0.103 e. The highest BCUT2D eigenvalue weighted by molar-refractivity contribution is 5.05. The van der Waals surface area contributed by atoms with E-state index in [1.165, 1.54) is 24.0 Å². The summed E-state index contributed by atoms with van der Waals surface area (Å²) in [7, 11) is 0. The van der Waals surface area contributed by atoms with Crippen LogP contribution in [0.5, 0.6) is 0 Å². The molecule has 0 rings (SSSR count). The summed E-state index contributed by atoms with van der Waals surface area (Å²) in [4.78, 5) is 0. The molecule has 0 aromatic carbocycles. The molecule has 0 amide bonds. The van der Waals surface area contributed by atoms with Gasteiger partial charge < -0.3 is 0 Å². The second kappa shape index (κ2) is 6.90. The molecular formula is C12H20. The van der Waals surface area contributed by atoms with Crippen molar-refractivity contribution in [3.8, 4) is 0 Å². The normalized spacial score (nSPS) is 13.2. The number of rotatable bonds is 5. The molecule has 0 unspecified atom stereocenters. The average molecular weight is 164 g/mol. The van der Waals surface area contributed by atoms with Gasteiger partial charge in [-0.1, -0.05) is 29.4 Å². The molecule has 0 nitrogen and oxygen atoms in total. The Balaban J connectivity index is 3.70. The van der Waals surface area contributed by atoms with Gasteiger partial charge in [0, 0.05) is 0 Å². The van der Waals surface area contributed by atoms with Crippen molar-refractivity contribution in [3.63, 3.8) is 0 Å². The maximum Gasteiger partial charge on any atom is -0.0169 e. The summed E-state index contributed by atoms with van der Waals surface area (Å²) in [5.41, 5.74) is 2.94. The van der Waals surface area contributed by atoms with Crippen molar-refractivity contribution in [2.24, 2.45) is 0 Å². The summed E-state index contributed by atoms with van der Waals surface area (Å²) in [5.74, 6) is 0. The first-order valence-electron chi connectivity index (χ1n) is 4.59. The van der Waals surface area contributed by atoms with Gasteiger partial charge in [-0.05, 0) is 40.0 Å². The van der Waals surface area contributed by atoms with Crippen LogP contribution in [-0.2, 0) is 0 Å². The minimum absolute atomic E-state index is 1.00. The SMILES string of the molecule is C=CC/C=C(\C)CC/C(C)=C/C. The zero-order valence-electron chi connectivity index (χ0n) is 8.56. The van der Waals surface area contributed by atoms with Gasteiger partial charge in [-0.15, -0.1) is 6.58 Å². The van der Waals surface area contributed by atoms with Crippen molar-refractivity contribution in [1.82, 2.24) is 0 Å². The molecule has 0 spiro atoms. The predicted octanol–water partition coefficient (Wildman–Crippen LogP) is 4.26. The summed E-state index contributed by atoms with van der Waals surface area (Å²) >= 11 is 0. The highest BCUT2D eigenvalue weighted by atomic mass is 14.0. The molecule has 68 valence electrons. The Kier molecular flexibility index (Phi) is 6.45. The van der Waals surface area contributed by atoms with Gasteiger partial charge >= 0.3 is 0 Å². The summed E-state index contributed by atoms with van der Waals surface area (Å²) in [6.07, 6.45) is 9.74. The van der Waals surface area contributed by atoms with Crippen LogP contribution >= 0.6 is 0 Å². The van der Waals surface area contributed by atoms with Crippen molar-refractivity contribution in [3.05, 3.63) is 36.0 Å². The molecule has 0 aromatic heterocycles. The minimum atomic E-state index is 1.00. The van der Waals surface area contributed by atoms with E-state index >= 15 is 0 Å². The molecule has 0 radical (unpaired) electrons. The van der Waals surface area contributed by atoms with E-state index in [0.717, 1.165) is 6.42 Å². The molecule has 0 bridgehead atoms. The van der Waals surface area contributed by atoms with Crippen LogP contribution in [-0.4, -0.2) is 0 Å². The molecule has 0 fully saturated rings. The molecule has 0 heteroatoms. The first kappa shape index (κ1) is 11.2. The zero-order chi connectivity index (χ0) is 9.40. The third kappa shape index (κ3) is 5.96. The van der Waals surface area contributed by atoms with E-state index in [-0.39, 0.29) is 0 Å². The summed E-state index contributed by atoms with van der Waals surface area (Å²) in [6.45, 7) is 10.2. The van der Waals surface area contributed by atoms with Crippen molar-refractivity contribution in [1.29, 1.82) is 0 Å². The maximum atomic E-state index is 3.69. The maximum absolute atomic E-state index is 3.69. The van der Waals surface area contributed by atoms with Gasteiger partial charge in [-0.2, -0.15) is 0 Å². The lowest BCUT2D eigenvalue weighted by atomic mass is 10.1. The molecular weight excluding hydrogens is 144 g/mol. The van der Waals surface area contributed by atoms with Crippen molar-refractivity contribution < 1.29 is 0 Å². The number of allylic oxidation sites excluding steroid dienone is 5. The van der Waals surface area contributed by atoms with Gasteiger partial charge in [0.25, 0.3) is 0 Å². The van der Waals surface area contributed by atoms with Gasteiger partial charge in [-0.25, -0.2) is 0 Å². The molecule has 0 saturated carbocycles. The number of hydrogen-bond donors (Lipinski definition) is 0. The summed E-state index contributed by atoms with van der Waals surface area (Å²) < 4.78 is 0. The first-order valence-corrected chi connectivity index (χ1v) is 4.59. The molecule has 12 heavy (non-hydrogen) atoms. The van der Waals surface area contributed by atoms with E-state index in [0.29, 0.717) is 0 Å². The topological polar surface area (TPSA) is 0 Å². The lowest BCUT2D eigenvalue weighted by Crippen LogP contribution is -1.80. The first-order chi connectivity index (χ1) is 5.70. The van der Waals surface area contributed by atoms with Crippen LogP contribution in [0.25, 0.3) is 0 Å². The second-order valence-corrected chi connectivity index (χ2v) is 3.21. The van der Waals surface area contributed by atoms with Crippen LogP contribution < -0.4 is 0 Å². The van der Waals surface area contributed by atoms with E-state index < -0.39 is 0 Å². The lowest BCUT2D eigenvalue weighted by molar-refractivity contribution is 0.915. The highest BCUT2D eigenvalue weighted by Gasteiger charge is 1.90. The summed E-state index contributed by atoms with van der Waals surface area (Å²) in [5, 5.41) is 0. The predicted molar refractivity (Wildman–Crippen MR) is 57.2 cm³/mol. The quantitative estimate of drug-likeness (QED) is 0.533. The Morgan fingerprint density at radius 3 is 2.25 bits per heavy atom. The Morgan fingerprint density at radius 1 is 1.17 bits per heavy atom. The lowest BCUT2D eigenvalue weighted by Gasteiger charge is -2.00. The molecule has 0 aliphatic rings. The van der Waals surface area contributed by atoms with Gasteiger partial charge in [0.15, 0.2) is 0 Å². The zero-order valence-corrected chi connectivity index (χ0v) is 8.56. The monoisotopic (exact) mass is 164 g/mol. The van der Waals surface area contributed by atoms with Gasteiger partial charge in [0.1, 0.15) is 0 Å². The third-order valence-corrected chi connectivity index (χ3v) is 2.04. The van der Waals surface area contributed by atoms with Crippen LogP contribution in [0.2, 0.25) is 0 Å². The third-order valence-electron chi connectivity index (χ3n) is 2.04. The fourth-order valence-electron chi connectivity index (χ4n) is 0.925. The molecule has 0 atom stereocenters. The second-order valence-electron chi connectivity index (χ2n) is 3.21. The highest BCUT2D eigenvalue weighted by Crippen LogP contribution is 2.10. The molecule has 0 saturated heterocycles. The van der Waals surface area contributed by atoms with Crippen LogP contribution in [0, 0.1) is 0 Å². The largest absolute Gasteiger partial charge is 0.103 e. The Bertz CT molecular complexity index is 182. The van der Waals surface area contributed by atoms with E-state index in [1.54, 1.807) is 0 Å². The van der Waals surface area contributed by atoms with Crippen LogP contribution in [0.4, 0.5) is 0 Å². The van der Waals surface area contributed by atoms with E-state index in [4.69, 9.17) is 0 Å². The number of hydrogen-bond acceptors (Lipinski definition) is 0. The molecule has 0 heterocycles. The molecule has 0 N–H and O–H groups in total. The van der Waals surface area contributed by atoms with E-state index in [1.807, 2.05) is 6.08 Å². The molecule has 0 aliphatic carbocycles. The standard InChI is InChI=1S/C12H20/c1-5-7-8-12(4)10-9-11(3)6-2/h5-6,8H,1,7,9-10H2,2-4H3/b11-6+,12-8+. The molecule has 0 aromatic rings. The van der Waals surface area contributed by atoms with Crippen molar-refractivity contribution in [2.75, 3.05) is 0 Å². The summed E-state index contributed by atoms with van der Waals surface area (Å²) in [6, 6.07) is 0. The van der Waals surface area contributed by atoms with Gasteiger partial charge in [0.05, 0.1) is 0 Å². The van der Waals surface area contributed by atoms with Gasteiger partial charge in [-0.3, -0.25) is 0 Å².